The van der Waals surface area contributed by atoms with E-state index in [2.05, 4.69) is 4.98 Å². The van der Waals surface area contributed by atoms with Crippen LogP contribution in [-0.2, 0) is 4.57 Å². The zero-order valence-corrected chi connectivity index (χ0v) is 33.0. The van der Waals surface area contributed by atoms with Gasteiger partial charge in [0.15, 0.2) is 6.29 Å². The van der Waals surface area contributed by atoms with E-state index in [4.69, 9.17) is 4.74 Å². The molecule has 3 N–H and O–H groups in total. The largest absolute Gasteiger partial charge is 1.00 e. The molecule has 0 bridgehead atoms. The number of benzene rings is 3. The summed E-state index contributed by atoms with van der Waals surface area (Å²) < 4.78 is 61.1. The van der Waals surface area contributed by atoms with E-state index in [1.807, 2.05) is 0 Å². The number of nitrogens with zero attached hydrogens (tertiary/aromatic N) is 3. The summed E-state index contributed by atoms with van der Waals surface area (Å²) in [5.41, 5.74) is 2.12. The first-order valence-electron chi connectivity index (χ1n) is 13.4. The Labute approximate surface area is 318 Å². The number of carbonyl (C=O) groups excluding carboxylic acids is 1. The SMILES string of the molecule is CC(c1ccc(-c2ccc3nc4n(c3c2)C(c2c(C=O)cccc2OC(F)F)CC4N(C)C(O)(O)O)cc1F)P(C)(C)=O.[CH3-].[Cs+]. The zero-order chi connectivity index (χ0) is 31.4. The first kappa shape index (κ1) is 38.0. The molecule has 1 aromatic heterocycles. The van der Waals surface area contributed by atoms with Crippen LogP contribution >= 0.6 is 7.14 Å². The Morgan fingerprint density at radius 3 is 2.33 bits per heavy atom. The number of ether oxygens (including phenoxy) is 1. The van der Waals surface area contributed by atoms with E-state index < -0.39 is 43.4 Å². The number of hydrogen-bond acceptors (Lipinski definition) is 8. The Hall–Kier alpha value is -1.49. The fourth-order valence-electron chi connectivity index (χ4n) is 5.66. The maximum absolute atomic E-state index is 15.2. The molecule has 1 aliphatic heterocycles. The molecule has 0 aliphatic carbocycles. The topological polar surface area (TPSA) is 125 Å². The zero-order valence-electron chi connectivity index (χ0n) is 25.8. The predicted octanol–water partition coefficient (Wildman–Crippen LogP) is 2.95. The first-order valence-corrected chi connectivity index (χ1v) is 16.1. The number of alkyl halides is 2. The summed E-state index contributed by atoms with van der Waals surface area (Å²) in [7, 11) is -1.35. The number of aliphatic hydroxyl groups is 3. The van der Waals surface area contributed by atoms with Crippen LogP contribution in [0.4, 0.5) is 13.2 Å². The predicted molar refractivity (Wildman–Crippen MR) is 161 cm³/mol. The third kappa shape index (κ3) is 7.49. The van der Waals surface area contributed by atoms with Gasteiger partial charge in [-0.05, 0) is 67.8 Å². The Kier molecular flexibility index (Phi) is 12.1. The molecule has 45 heavy (non-hydrogen) atoms. The third-order valence-electron chi connectivity index (χ3n) is 8.21. The maximum Gasteiger partial charge on any atom is 1.00 e. The van der Waals surface area contributed by atoms with E-state index in [1.165, 1.54) is 31.3 Å². The third-order valence-corrected chi connectivity index (χ3v) is 10.3. The fraction of sp³-hybridized carbons (Fsp3) is 0.323. The Morgan fingerprint density at radius 2 is 1.76 bits per heavy atom. The second-order valence-corrected chi connectivity index (χ2v) is 14.8. The summed E-state index contributed by atoms with van der Waals surface area (Å²) in [5, 5.41) is 29.9. The molecule has 4 aromatic rings. The van der Waals surface area contributed by atoms with Gasteiger partial charge in [0.05, 0.1) is 30.3 Å². The van der Waals surface area contributed by atoms with Gasteiger partial charge in [-0.15, -0.1) is 0 Å². The molecule has 0 spiro atoms. The molecule has 3 aromatic carbocycles. The van der Waals surface area contributed by atoms with Gasteiger partial charge in [0, 0.05) is 16.8 Å². The fourth-order valence-corrected chi connectivity index (χ4v) is 6.54. The van der Waals surface area contributed by atoms with E-state index in [0.29, 0.717) is 34.0 Å². The minimum absolute atomic E-state index is 0. The van der Waals surface area contributed by atoms with Crippen LogP contribution in [0.25, 0.3) is 22.2 Å². The van der Waals surface area contributed by atoms with Crippen LogP contribution < -0.4 is 73.6 Å². The summed E-state index contributed by atoms with van der Waals surface area (Å²) in [6.45, 7) is 1.75. The number of fused-ring (bicyclic) bond motifs is 3. The molecular weight excluding hydrogens is 731 g/mol. The normalized spacial score (nSPS) is 17.2. The van der Waals surface area contributed by atoms with Crippen LogP contribution in [-0.4, -0.2) is 69.1 Å². The van der Waals surface area contributed by atoms with Crippen LogP contribution in [0.1, 0.15) is 58.4 Å². The second-order valence-electron chi connectivity index (χ2n) is 11.1. The van der Waals surface area contributed by atoms with Crippen molar-refractivity contribution in [2.45, 2.75) is 43.8 Å². The quantitative estimate of drug-likeness (QED) is 0.103. The van der Waals surface area contributed by atoms with Crippen molar-refractivity contribution in [3.8, 4) is 16.9 Å². The summed E-state index contributed by atoms with van der Waals surface area (Å²) in [6, 6.07) is 12.2. The van der Waals surface area contributed by atoms with E-state index >= 15 is 4.39 Å². The Balaban J connectivity index is 0.00000276. The molecule has 3 atom stereocenters. The van der Waals surface area contributed by atoms with Gasteiger partial charge in [0.1, 0.15) is 17.4 Å². The molecule has 9 nitrogen and oxygen atoms in total. The minimum atomic E-state index is -3.24. The Morgan fingerprint density at radius 1 is 1.11 bits per heavy atom. The van der Waals surface area contributed by atoms with Crippen molar-refractivity contribution in [1.82, 2.24) is 14.5 Å². The van der Waals surface area contributed by atoms with Gasteiger partial charge < -0.3 is 36.6 Å². The number of halogens is 3. The number of rotatable bonds is 9. The smallest absolute Gasteiger partial charge is 0.434 e. The van der Waals surface area contributed by atoms with Crippen molar-refractivity contribution in [2.24, 2.45) is 0 Å². The van der Waals surface area contributed by atoms with Crippen molar-refractivity contribution < 1.29 is 111 Å². The number of carbonyl (C=O) groups is 1. The van der Waals surface area contributed by atoms with Crippen LogP contribution in [0.2, 0.25) is 0 Å². The molecule has 0 saturated carbocycles. The molecule has 2 heterocycles. The van der Waals surface area contributed by atoms with Crippen molar-refractivity contribution in [3.05, 3.63) is 90.4 Å². The van der Waals surface area contributed by atoms with Crippen LogP contribution in [0.5, 0.6) is 5.75 Å². The minimum Gasteiger partial charge on any atom is -0.434 e. The standard InChI is InChI=1S/C30H31F3N3O6P.CH3.Cs/c1-16(43(3,4)41)20-10-8-17(12-21(20)31)18-9-11-22-23(13-18)36-24(14-25(28(36)34-22)35(2)30(38,39)40)27-19(15-37)6-5-7-26(27)42-29(32)33;;/h5-13,15-16,24-25,29,38-40H,14H2,1-4H3;1H3;/q;-1;+1. The molecular formula is C31H34CsF3N3O6P. The number of aromatic nitrogens is 2. The van der Waals surface area contributed by atoms with Crippen molar-refractivity contribution in [2.75, 3.05) is 20.4 Å². The van der Waals surface area contributed by atoms with Crippen molar-refractivity contribution >= 4 is 24.5 Å². The van der Waals surface area contributed by atoms with Gasteiger partial charge in [0.25, 0.3) is 0 Å². The number of hydrogen-bond donors (Lipinski definition) is 3. The van der Waals surface area contributed by atoms with Gasteiger partial charge in [-0.25, -0.2) is 14.3 Å². The van der Waals surface area contributed by atoms with Crippen molar-refractivity contribution in [1.29, 1.82) is 0 Å². The summed E-state index contributed by atoms with van der Waals surface area (Å²) >= 11 is 0. The molecule has 0 fully saturated rings. The molecule has 236 valence electrons. The molecule has 0 saturated heterocycles. The van der Waals surface area contributed by atoms with Crippen LogP contribution in [0.15, 0.2) is 54.6 Å². The van der Waals surface area contributed by atoms with Crippen LogP contribution in [0.3, 0.4) is 0 Å². The maximum atomic E-state index is 15.2. The van der Waals surface area contributed by atoms with E-state index in [9.17, 15) is 33.5 Å². The molecule has 14 heteroatoms. The van der Waals surface area contributed by atoms with Gasteiger partial charge >= 0.3 is 81.6 Å². The molecule has 1 aliphatic rings. The number of imidazole rings is 1. The number of aldehydes is 1. The van der Waals surface area contributed by atoms with E-state index in [0.717, 1.165) is 4.90 Å². The van der Waals surface area contributed by atoms with Crippen LogP contribution in [0, 0.1) is 13.2 Å². The summed E-state index contributed by atoms with van der Waals surface area (Å²) in [6.07, 6.45) is -2.72. The van der Waals surface area contributed by atoms with Gasteiger partial charge in [-0.2, -0.15) is 8.78 Å². The van der Waals surface area contributed by atoms with Crippen molar-refractivity contribution in [3.63, 3.8) is 0 Å². The van der Waals surface area contributed by atoms with Gasteiger partial charge in [-0.3, -0.25) is 4.79 Å². The van der Waals surface area contributed by atoms with E-state index in [-0.39, 0.29) is 105 Å². The Bertz CT molecular complexity index is 1760. The molecule has 0 radical (unpaired) electrons. The second kappa shape index (κ2) is 14.3. The average molecular weight is 766 g/mol. The first-order chi connectivity index (χ1) is 20.1. The van der Waals surface area contributed by atoms with Gasteiger partial charge in [-0.1, -0.05) is 37.3 Å². The molecule has 5 rings (SSSR count). The van der Waals surface area contributed by atoms with Gasteiger partial charge in [0.2, 0.25) is 0 Å². The average Bonchev–Trinajstić information content (AvgIpc) is 3.47. The monoisotopic (exact) mass is 765 g/mol. The van der Waals surface area contributed by atoms with E-state index in [1.54, 1.807) is 55.2 Å². The summed E-state index contributed by atoms with van der Waals surface area (Å²) in [5.74, 6) is -0.483. The molecule has 3 unspecified atom stereocenters. The molecule has 0 amide bonds. The summed E-state index contributed by atoms with van der Waals surface area (Å²) in [4.78, 5) is 17.6.